The average Bonchev–Trinajstić information content (AvgIpc) is 2.30. The lowest BCUT2D eigenvalue weighted by Gasteiger charge is -2.43. The van der Waals surface area contributed by atoms with Crippen molar-refractivity contribution >= 4 is 0 Å². The molecule has 15 heavy (non-hydrogen) atoms. The molecule has 86 valence electrons. The van der Waals surface area contributed by atoms with E-state index in [1.807, 2.05) is 0 Å². The van der Waals surface area contributed by atoms with Gasteiger partial charge in [-0.2, -0.15) is 0 Å². The summed E-state index contributed by atoms with van der Waals surface area (Å²) in [7, 11) is 0. The van der Waals surface area contributed by atoms with E-state index in [2.05, 4.69) is 6.92 Å². The SMILES string of the molecule is [CH]C(CC)C1COC2(CCCCC2)OC1. The largest absolute Gasteiger partial charge is 0.350 e. The van der Waals surface area contributed by atoms with Gasteiger partial charge in [0.1, 0.15) is 0 Å². The molecule has 1 aliphatic carbocycles. The van der Waals surface area contributed by atoms with Gasteiger partial charge in [-0.3, -0.25) is 0 Å². The van der Waals surface area contributed by atoms with Crippen molar-refractivity contribution in [1.82, 2.24) is 0 Å². The Hall–Kier alpha value is -0.0800. The summed E-state index contributed by atoms with van der Waals surface area (Å²) >= 11 is 0. The molecule has 1 aliphatic heterocycles. The predicted molar refractivity (Wildman–Crippen MR) is 59.3 cm³/mol. The van der Waals surface area contributed by atoms with E-state index in [1.165, 1.54) is 19.3 Å². The second kappa shape index (κ2) is 4.84. The molecule has 0 aromatic rings. The highest BCUT2D eigenvalue weighted by Gasteiger charge is 2.39. The molecule has 0 N–H and O–H groups in total. The Morgan fingerprint density at radius 2 is 1.80 bits per heavy atom. The Labute approximate surface area is 93.3 Å². The fraction of sp³-hybridized carbons (Fsp3) is 0.923. The van der Waals surface area contributed by atoms with Gasteiger partial charge >= 0.3 is 0 Å². The first kappa shape index (κ1) is 11.4. The summed E-state index contributed by atoms with van der Waals surface area (Å²) in [5.74, 6) is 0.385. The van der Waals surface area contributed by atoms with Crippen LogP contribution in [0.3, 0.4) is 0 Å². The first-order valence-electron chi connectivity index (χ1n) is 6.29. The highest BCUT2D eigenvalue weighted by Crippen LogP contribution is 2.37. The lowest BCUT2D eigenvalue weighted by molar-refractivity contribution is -0.298. The van der Waals surface area contributed by atoms with Crippen molar-refractivity contribution in [3.8, 4) is 0 Å². The Bertz CT molecular complexity index is 187. The third kappa shape index (κ3) is 2.54. The van der Waals surface area contributed by atoms with Crippen LogP contribution in [0.25, 0.3) is 0 Å². The van der Waals surface area contributed by atoms with E-state index in [1.54, 1.807) is 0 Å². The molecule has 0 amide bonds. The quantitative estimate of drug-likeness (QED) is 0.697. The molecule has 2 heteroatoms. The second-order valence-electron chi connectivity index (χ2n) is 4.93. The molecule has 2 radical (unpaired) electrons. The van der Waals surface area contributed by atoms with Gasteiger partial charge < -0.3 is 9.47 Å². The van der Waals surface area contributed by atoms with Gasteiger partial charge in [0.25, 0.3) is 0 Å². The summed E-state index contributed by atoms with van der Waals surface area (Å²) in [6, 6.07) is 0. The normalized spacial score (nSPS) is 29.2. The van der Waals surface area contributed by atoms with Gasteiger partial charge in [-0.25, -0.2) is 0 Å². The van der Waals surface area contributed by atoms with E-state index >= 15 is 0 Å². The van der Waals surface area contributed by atoms with Crippen molar-refractivity contribution < 1.29 is 9.47 Å². The molecule has 1 saturated heterocycles. The van der Waals surface area contributed by atoms with E-state index < -0.39 is 0 Å². The molecule has 1 heterocycles. The van der Waals surface area contributed by atoms with Crippen molar-refractivity contribution in [3.05, 3.63) is 6.92 Å². The molecule has 1 spiro atoms. The summed E-state index contributed by atoms with van der Waals surface area (Å²) in [6.07, 6.45) is 6.95. The van der Waals surface area contributed by atoms with Crippen LogP contribution in [0, 0.1) is 18.8 Å². The van der Waals surface area contributed by atoms with Gasteiger partial charge in [-0.1, -0.05) is 19.8 Å². The van der Waals surface area contributed by atoms with Crippen LogP contribution < -0.4 is 0 Å². The summed E-state index contributed by atoms with van der Waals surface area (Å²) in [6.45, 7) is 9.70. The lowest BCUT2D eigenvalue weighted by Crippen LogP contribution is -2.46. The third-order valence-electron chi connectivity index (χ3n) is 3.81. The van der Waals surface area contributed by atoms with Gasteiger partial charge in [-0.15, -0.1) is 0 Å². The minimum absolute atomic E-state index is 0.228. The minimum atomic E-state index is -0.234. The molecular formula is C13H22O2. The number of hydrogen-bond donors (Lipinski definition) is 0. The third-order valence-corrected chi connectivity index (χ3v) is 3.81. The van der Waals surface area contributed by atoms with Crippen molar-refractivity contribution in [2.45, 2.75) is 51.2 Å². The summed E-state index contributed by atoms with van der Waals surface area (Å²) < 4.78 is 11.9. The topological polar surface area (TPSA) is 18.5 Å². The first-order chi connectivity index (χ1) is 7.26. The molecule has 1 saturated carbocycles. The zero-order chi connectivity index (χ0) is 10.7. The molecule has 2 aliphatic rings. The van der Waals surface area contributed by atoms with Crippen molar-refractivity contribution in [1.29, 1.82) is 0 Å². The van der Waals surface area contributed by atoms with Gasteiger partial charge in [-0.05, 0) is 25.7 Å². The maximum absolute atomic E-state index is 6.01. The van der Waals surface area contributed by atoms with Crippen LogP contribution >= 0.6 is 0 Å². The predicted octanol–water partition coefficient (Wildman–Crippen LogP) is 3.05. The van der Waals surface area contributed by atoms with Gasteiger partial charge in [0.05, 0.1) is 13.2 Å². The van der Waals surface area contributed by atoms with Crippen molar-refractivity contribution in [2.75, 3.05) is 13.2 Å². The van der Waals surface area contributed by atoms with E-state index in [4.69, 9.17) is 16.4 Å². The highest BCUT2D eigenvalue weighted by molar-refractivity contribution is 4.82. The van der Waals surface area contributed by atoms with Crippen LogP contribution in [0.1, 0.15) is 45.4 Å². The first-order valence-corrected chi connectivity index (χ1v) is 6.29. The molecule has 0 aromatic carbocycles. The Kier molecular flexibility index (Phi) is 3.68. The molecular weight excluding hydrogens is 188 g/mol. The minimum Gasteiger partial charge on any atom is -0.350 e. The highest BCUT2D eigenvalue weighted by atomic mass is 16.7. The maximum Gasteiger partial charge on any atom is 0.168 e. The van der Waals surface area contributed by atoms with Crippen molar-refractivity contribution in [2.24, 2.45) is 11.8 Å². The molecule has 1 unspecified atom stereocenters. The molecule has 2 nitrogen and oxygen atoms in total. The zero-order valence-electron chi connectivity index (χ0n) is 9.71. The molecule has 2 fully saturated rings. The fourth-order valence-electron chi connectivity index (χ4n) is 2.57. The van der Waals surface area contributed by atoms with Crippen LogP contribution in [-0.2, 0) is 9.47 Å². The van der Waals surface area contributed by atoms with Crippen LogP contribution in [0.4, 0.5) is 0 Å². The molecule has 1 atom stereocenters. The van der Waals surface area contributed by atoms with E-state index in [-0.39, 0.29) is 11.7 Å². The second-order valence-corrected chi connectivity index (χ2v) is 4.93. The molecule has 0 bridgehead atoms. The lowest BCUT2D eigenvalue weighted by atomic mass is 9.89. The Balaban J connectivity index is 1.85. The monoisotopic (exact) mass is 210 g/mol. The van der Waals surface area contributed by atoms with Crippen LogP contribution in [0.5, 0.6) is 0 Å². The van der Waals surface area contributed by atoms with E-state index in [0.717, 1.165) is 32.5 Å². The number of rotatable bonds is 2. The van der Waals surface area contributed by atoms with Crippen LogP contribution in [0.15, 0.2) is 0 Å². The number of hydrogen-bond acceptors (Lipinski definition) is 2. The maximum atomic E-state index is 6.01. The Morgan fingerprint density at radius 3 is 2.33 bits per heavy atom. The average molecular weight is 210 g/mol. The summed E-state index contributed by atoms with van der Waals surface area (Å²) in [5.41, 5.74) is 0. The van der Waals surface area contributed by atoms with Crippen LogP contribution in [0.2, 0.25) is 0 Å². The standard InChI is InChI=1S/C13H22O2/c1-3-11(2)12-9-14-13(15-10-12)7-5-4-6-8-13/h2,11-12H,3-10H2,1H3. The fourth-order valence-corrected chi connectivity index (χ4v) is 2.57. The summed E-state index contributed by atoms with van der Waals surface area (Å²) in [5, 5.41) is 0. The van der Waals surface area contributed by atoms with Crippen LogP contribution in [-0.4, -0.2) is 19.0 Å². The van der Waals surface area contributed by atoms with E-state index in [9.17, 15) is 0 Å². The van der Waals surface area contributed by atoms with Crippen molar-refractivity contribution in [3.63, 3.8) is 0 Å². The zero-order valence-corrected chi connectivity index (χ0v) is 9.71. The van der Waals surface area contributed by atoms with Gasteiger partial charge in [0, 0.05) is 18.8 Å². The van der Waals surface area contributed by atoms with E-state index in [0.29, 0.717) is 5.92 Å². The van der Waals surface area contributed by atoms with Gasteiger partial charge in [0.2, 0.25) is 0 Å². The number of ether oxygens (including phenoxy) is 2. The van der Waals surface area contributed by atoms with Gasteiger partial charge in [0.15, 0.2) is 5.79 Å². The smallest absolute Gasteiger partial charge is 0.168 e. The molecule has 2 rings (SSSR count). The molecule has 0 aromatic heterocycles. The Morgan fingerprint density at radius 1 is 1.20 bits per heavy atom. The summed E-state index contributed by atoms with van der Waals surface area (Å²) in [4.78, 5) is 0.